The second-order valence-electron chi connectivity index (χ2n) is 2.69. The summed E-state index contributed by atoms with van der Waals surface area (Å²) in [6, 6.07) is 0.769. The summed E-state index contributed by atoms with van der Waals surface area (Å²) in [5.41, 5.74) is -2.08. The van der Waals surface area contributed by atoms with Gasteiger partial charge in [0, 0.05) is 16.5 Å². The minimum absolute atomic E-state index is 0.0537. The fourth-order valence-electron chi connectivity index (χ4n) is 1.06. The summed E-state index contributed by atoms with van der Waals surface area (Å²) in [7, 11) is 0. The van der Waals surface area contributed by atoms with Crippen molar-refractivity contribution in [1.29, 1.82) is 0 Å². The highest BCUT2D eigenvalue weighted by molar-refractivity contribution is 9.08. The van der Waals surface area contributed by atoms with E-state index >= 15 is 0 Å². The van der Waals surface area contributed by atoms with Crippen molar-refractivity contribution in [3.8, 4) is 0 Å². The van der Waals surface area contributed by atoms with Crippen molar-refractivity contribution in [3.63, 3.8) is 0 Å². The number of rotatable bonds is 3. The van der Waals surface area contributed by atoms with Gasteiger partial charge < -0.3 is 10.1 Å². The van der Waals surface area contributed by atoms with Gasteiger partial charge in [0.15, 0.2) is 0 Å². The lowest BCUT2D eigenvalue weighted by Gasteiger charge is -2.06. The van der Waals surface area contributed by atoms with E-state index < -0.39 is 29.2 Å². The summed E-state index contributed by atoms with van der Waals surface area (Å²) in [4.78, 5) is 23.7. The van der Waals surface area contributed by atoms with E-state index in [-0.39, 0.29) is 10.9 Å². The first-order chi connectivity index (χ1) is 6.97. The molecule has 0 saturated carbocycles. The maximum Gasteiger partial charge on any atom is 0.352 e. The van der Waals surface area contributed by atoms with E-state index in [2.05, 4.69) is 15.9 Å². The third kappa shape index (κ3) is 2.41. The number of hydrogen-bond acceptors (Lipinski definition) is 2. The summed E-state index contributed by atoms with van der Waals surface area (Å²) in [6.45, 7) is 0. The quantitative estimate of drug-likeness (QED) is 0.832. The van der Waals surface area contributed by atoms with Gasteiger partial charge in [-0.15, -0.1) is 0 Å². The van der Waals surface area contributed by atoms with Crippen LogP contribution >= 0.6 is 15.9 Å². The molecule has 0 bridgehead atoms. The second kappa shape index (κ2) is 4.52. The normalized spacial score (nSPS) is 10.7. The van der Waals surface area contributed by atoms with Crippen LogP contribution in [0.3, 0.4) is 0 Å². The average molecular weight is 282 g/mol. The van der Waals surface area contributed by atoms with Crippen molar-refractivity contribution in [2.75, 3.05) is 0 Å². The molecule has 0 atom stereocenters. The van der Waals surface area contributed by atoms with Crippen LogP contribution < -0.4 is 5.56 Å². The number of carboxylic acids is 1. The van der Waals surface area contributed by atoms with Crippen molar-refractivity contribution in [2.45, 2.75) is 11.8 Å². The van der Waals surface area contributed by atoms with Gasteiger partial charge in [0.1, 0.15) is 5.69 Å². The zero-order valence-electron chi connectivity index (χ0n) is 7.26. The van der Waals surface area contributed by atoms with Gasteiger partial charge in [-0.3, -0.25) is 4.79 Å². The van der Waals surface area contributed by atoms with E-state index in [1.54, 1.807) is 0 Å². The zero-order valence-corrected chi connectivity index (χ0v) is 8.85. The van der Waals surface area contributed by atoms with Crippen LogP contribution in [0.25, 0.3) is 0 Å². The Morgan fingerprint density at radius 1 is 1.60 bits per heavy atom. The Labute approximate surface area is 91.1 Å². The number of nitrogens with one attached hydrogen (secondary N) is 1. The van der Waals surface area contributed by atoms with Crippen LogP contribution in [0.15, 0.2) is 10.9 Å². The number of hydrogen-bond donors (Lipinski definition) is 2. The zero-order chi connectivity index (χ0) is 11.6. The molecule has 0 spiro atoms. The molecule has 82 valence electrons. The Morgan fingerprint density at radius 2 is 2.20 bits per heavy atom. The maximum absolute atomic E-state index is 12.5. The first kappa shape index (κ1) is 11.8. The van der Waals surface area contributed by atoms with E-state index in [4.69, 9.17) is 5.11 Å². The number of halogens is 3. The van der Waals surface area contributed by atoms with Crippen molar-refractivity contribution < 1.29 is 18.7 Å². The molecule has 2 N–H and O–H groups in total. The SMILES string of the molecule is O=C(O)c1cc(C(F)F)c(CBr)c(=O)[nH]1. The first-order valence-electron chi connectivity index (χ1n) is 3.81. The minimum Gasteiger partial charge on any atom is -0.477 e. The molecule has 0 unspecified atom stereocenters. The van der Waals surface area contributed by atoms with Crippen molar-refractivity contribution in [1.82, 2.24) is 4.98 Å². The largest absolute Gasteiger partial charge is 0.477 e. The molecule has 4 nitrogen and oxygen atoms in total. The summed E-state index contributed by atoms with van der Waals surface area (Å²) in [6.07, 6.45) is -2.88. The molecule has 15 heavy (non-hydrogen) atoms. The molecule has 0 amide bonds. The number of carboxylic acid groups (broad SMARTS) is 1. The fraction of sp³-hybridized carbons (Fsp3) is 0.250. The van der Waals surface area contributed by atoms with Gasteiger partial charge in [0.2, 0.25) is 0 Å². The fourth-order valence-corrected chi connectivity index (χ4v) is 1.63. The van der Waals surface area contributed by atoms with Crippen LogP contribution in [0.4, 0.5) is 8.78 Å². The molecule has 1 heterocycles. The highest BCUT2D eigenvalue weighted by Gasteiger charge is 2.18. The number of pyridine rings is 1. The molecule has 0 aromatic carbocycles. The third-order valence-electron chi connectivity index (χ3n) is 1.77. The van der Waals surface area contributed by atoms with Gasteiger partial charge in [0.25, 0.3) is 12.0 Å². The number of aromatic amines is 1. The van der Waals surface area contributed by atoms with Gasteiger partial charge in [-0.25, -0.2) is 13.6 Å². The molecule has 0 aliphatic heterocycles. The first-order valence-corrected chi connectivity index (χ1v) is 4.93. The van der Waals surface area contributed by atoms with E-state index in [0.29, 0.717) is 0 Å². The molecular formula is C8H6BrF2NO3. The molecule has 1 rings (SSSR count). The molecule has 1 aromatic rings. The predicted octanol–water partition coefficient (Wildman–Crippen LogP) is 1.91. The van der Waals surface area contributed by atoms with E-state index in [0.717, 1.165) is 6.07 Å². The smallest absolute Gasteiger partial charge is 0.352 e. The van der Waals surface area contributed by atoms with Crippen molar-refractivity contribution in [3.05, 3.63) is 33.2 Å². The Hall–Kier alpha value is -1.24. The second-order valence-corrected chi connectivity index (χ2v) is 3.25. The van der Waals surface area contributed by atoms with Crippen LogP contribution in [0, 0.1) is 0 Å². The number of H-pyrrole nitrogens is 1. The number of carbonyl (C=O) groups is 1. The Bertz CT molecular complexity index is 444. The van der Waals surface area contributed by atoms with Crippen molar-refractivity contribution >= 4 is 21.9 Å². The van der Waals surface area contributed by atoms with Crippen LogP contribution in [-0.2, 0) is 5.33 Å². The molecule has 0 aliphatic carbocycles. The van der Waals surface area contributed by atoms with Crippen LogP contribution in [0.2, 0.25) is 0 Å². The third-order valence-corrected chi connectivity index (χ3v) is 2.33. The summed E-state index contributed by atoms with van der Waals surface area (Å²) >= 11 is 2.89. The lowest BCUT2D eigenvalue weighted by atomic mass is 10.1. The number of aromatic nitrogens is 1. The number of alkyl halides is 3. The van der Waals surface area contributed by atoms with Gasteiger partial charge in [-0.05, 0) is 6.07 Å². The topological polar surface area (TPSA) is 70.2 Å². The average Bonchev–Trinajstić information content (AvgIpc) is 2.16. The minimum atomic E-state index is -2.88. The standard InChI is InChI=1S/C8H6BrF2NO3/c9-2-4-3(6(10)11)1-5(8(14)15)12-7(4)13/h1,6H,2H2,(H,12,13)(H,14,15). The lowest BCUT2D eigenvalue weighted by Crippen LogP contribution is -2.19. The maximum atomic E-state index is 12.5. The van der Waals surface area contributed by atoms with Crippen LogP contribution in [0.1, 0.15) is 28.0 Å². The van der Waals surface area contributed by atoms with Gasteiger partial charge in [0.05, 0.1) is 0 Å². The van der Waals surface area contributed by atoms with Crippen LogP contribution in [0.5, 0.6) is 0 Å². The molecular weight excluding hydrogens is 276 g/mol. The molecule has 0 fully saturated rings. The van der Waals surface area contributed by atoms with E-state index in [1.807, 2.05) is 4.98 Å². The highest BCUT2D eigenvalue weighted by atomic mass is 79.9. The molecule has 0 radical (unpaired) electrons. The summed E-state index contributed by atoms with van der Waals surface area (Å²) in [5.74, 6) is -1.45. The summed E-state index contributed by atoms with van der Waals surface area (Å²) < 4.78 is 24.9. The Kier molecular flexibility index (Phi) is 3.57. The Balaban J connectivity index is 3.46. The van der Waals surface area contributed by atoms with Gasteiger partial charge in [-0.2, -0.15) is 0 Å². The molecule has 0 aliphatic rings. The number of aromatic carboxylic acids is 1. The highest BCUT2D eigenvalue weighted by Crippen LogP contribution is 2.22. The summed E-state index contributed by atoms with van der Waals surface area (Å²) in [5, 5.41) is 8.50. The van der Waals surface area contributed by atoms with Gasteiger partial charge in [-0.1, -0.05) is 15.9 Å². The molecule has 7 heteroatoms. The van der Waals surface area contributed by atoms with E-state index in [9.17, 15) is 18.4 Å². The molecule has 0 saturated heterocycles. The predicted molar refractivity (Wildman–Crippen MR) is 51.6 cm³/mol. The van der Waals surface area contributed by atoms with Crippen molar-refractivity contribution in [2.24, 2.45) is 0 Å². The van der Waals surface area contributed by atoms with Crippen LogP contribution in [-0.4, -0.2) is 16.1 Å². The van der Waals surface area contributed by atoms with Gasteiger partial charge >= 0.3 is 5.97 Å². The van der Waals surface area contributed by atoms with E-state index in [1.165, 1.54) is 0 Å². The monoisotopic (exact) mass is 281 g/mol. The lowest BCUT2D eigenvalue weighted by molar-refractivity contribution is 0.0689. The Morgan fingerprint density at radius 3 is 2.60 bits per heavy atom. The molecule has 1 aromatic heterocycles.